The number of hydrogen-bond acceptors (Lipinski definition) is 2. The lowest BCUT2D eigenvalue weighted by molar-refractivity contribution is 0.305. The molecule has 0 saturated heterocycles. The first-order valence-corrected chi connectivity index (χ1v) is 6.36. The van der Waals surface area contributed by atoms with E-state index in [-0.39, 0.29) is 11.6 Å². The fourth-order valence-electron chi connectivity index (χ4n) is 1.49. The van der Waals surface area contributed by atoms with E-state index >= 15 is 0 Å². The van der Waals surface area contributed by atoms with E-state index in [0.29, 0.717) is 17.0 Å². The molecule has 0 bridgehead atoms. The minimum absolute atomic E-state index is 0.0723. The Bertz CT molecular complexity index is 557. The molecule has 0 heterocycles. The van der Waals surface area contributed by atoms with Crippen molar-refractivity contribution in [2.24, 2.45) is 0 Å². The number of ether oxygens (including phenoxy) is 1. The fourth-order valence-corrected chi connectivity index (χ4v) is 2.16. The van der Waals surface area contributed by atoms with Gasteiger partial charge in [0.1, 0.15) is 12.4 Å². The number of benzene rings is 2. The molecule has 2 nitrogen and oxygen atoms in total. The third kappa shape index (κ3) is 2.76. The van der Waals surface area contributed by atoms with Gasteiger partial charge in [0.25, 0.3) is 0 Å². The quantitative estimate of drug-likeness (QED) is 0.846. The van der Waals surface area contributed by atoms with Crippen LogP contribution in [0.5, 0.6) is 5.75 Å². The summed E-state index contributed by atoms with van der Waals surface area (Å²) in [7, 11) is 0. The van der Waals surface area contributed by atoms with E-state index in [4.69, 9.17) is 22.1 Å². The molecule has 0 saturated carbocycles. The normalized spacial score (nSPS) is 10.4. The van der Waals surface area contributed by atoms with Crippen molar-refractivity contribution in [3.63, 3.8) is 0 Å². The van der Waals surface area contributed by atoms with Gasteiger partial charge < -0.3 is 10.5 Å². The van der Waals surface area contributed by atoms with Gasteiger partial charge in [-0.3, -0.25) is 0 Å². The Balaban J connectivity index is 2.19. The van der Waals surface area contributed by atoms with Gasteiger partial charge in [0, 0.05) is 5.56 Å². The molecule has 0 aromatic heterocycles. The van der Waals surface area contributed by atoms with Crippen LogP contribution in [0.4, 0.5) is 10.1 Å². The zero-order chi connectivity index (χ0) is 13.1. The van der Waals surface area contributed by atoms with Crippen LogP contribution in [0.15, 0.2) is 40.9 Å². The largest absolute Gasteiger partial charge is 0.485 e. The first-order valence-electron chi connectivity index (χ1n) is 5.19. The molecule has 0 unspecified atom stereocenters. The lowest BCUT2D eigenvalue weighted by Gasteiger charge is -2.11. The van der Waals surface area contributed by atoms with Crippen LogP contribution >= 0.6 is 27.5 Å². The highest BCUT2D eigenvalue weighted by Gasteiger charge is 2.09. The lowest BCUT2D eigenvalue weighted by atomic mass is 10.2. The Morgan fingerprint density at radius 1 is 1.22 bits per heavy atom. The molecule has 5 heteroatoms. The molecular weight excluding hydrogens is 321 g/mol. The van der Waals surface area contributed by atoms with Gasteiger partial charge in [-0.15, -0.1) is 0 Å². The highest BCUT2D eigenvalue weighted by molar-refractivity contribution is 9.10. The molecule has 0 atom stereocenters. The minimum Gasteiger partial charge on any atom is -0.485 e. The Morgan fingerprint density at radius 2 is 1.94 bits per heavy atom. The maximum atomic E-state index is 13.2. The number of nitrogens with two attached hydrogens (primary N) is 1. The molecular formula is C13H10BrClFNO. The SMILES string of the molecule is Nc1cccc(Br)c1OCc1cccc(F)c1Cl. The van der Waals surface area contributed by atoms with Crippen LogP contribution in [0.3, 0.4) is 0 Å². The van der Waals surface area contributed by atoms with Crippen molar-refractivity contribution in [1.29, 1.82) is 0 Å². The van der Waals surface area contributed by atoms with E-state index in [0.717, 1.165) is 4.47 Å². The lowest BCUT2D eigenvalue weighted by Crippen LogP contribution is -2.00. The number of halogens is 3. The molecule has 2 aromatic rings. The molecule has 18 heavy (non-hydrogen) atoms. The van der Waals surface area contributed by atoms with E-state index < -0.39 is 5.82 Å². The van der Waals surface area contributed by atoms with Crippen molar-refractivity contribution >= 4 is 33.2 Å². The summed E-state index contributed by atoms with van der Waals surface area (Å²) in [4.78, 5) is 0. The van der Waals surface area contributed by atoms with Gasteiger partial charge in [0.2, 0.25) is 0 Å². The second-order valence-corrected chi connectivity index (χ2v) is 4.89. The maximum absolute atomic E-state index is 13.2. The average Bonchev–Trinajstić information content (AvgIpc) is 2.33. The van der Waals surface area contributed by atoms with Crippen molar-refractivity contribution in [2.75, 3.05) is 5.73 Å². The Kier molecular flexibility index (Phi) is 4.09. The van der Waals surface area contributed by atoms with E-state index in [2.05, 4.69) is 15.9 Å². The number of anilines is 1. The minimum atomic E-state index is -0.460. The third-order valence-corrected chi connectivity index (χ3v) is 3.45. The average molecular weight is 331 g/mol. The van der Waals surface area contributed by atoms with Gasteiger partial charge in [0.15, 0.2) is 5.75 Å². The second kappa shape index (κ2) is 5.59. The van der Waals surface area contributed by atoms with Crippen LogP contribution in [-0.2, 0) is 6.61 Å². The molecule has 94 valence electrons. The second-order valence-electron chi connectivity index (χ2n) is 3.66. The first-order chi connectivity index (χ1) is 8.59. The van der Waals surface area contributed by atoms with Crippen molar-refractivity contribution in [3.8, 4) is 5.75 Å². The summed E-state index contributed by atoms with van der Waals surface area (Å²) in [6.45, 7) is 0.156. The van der Waals surface area contributed by atoms with Crippen molar-refractivity contribution in [3.05, 3.63) is 57.3 Å². The van der Waals surface area contributed by atoms with Crippen LogP contribution in [0.1, 0.15) is 5.56 Å². The Hall–Kier alpha value is -1.26. The standard InChI is InChI=1S/C13H10BrClFNO/c14-9-4-2-6-11(17)13(9)18-7-8-3-1-5-10(16)12(8)15/h1-6H,7,17H2. The predicted octanol–water partition coefficient (Wildman–Crippen LogP) is 4.40. The van der Waals surface area contributed by atoms with Crippen LogP contribution < -0.4 is 10.5 Å². The van der Waals surface area contributed by atoms with Gasteiger partial charge in [-0.25, -0.2) is 4.39 Å². The van der Waals surface area contributed by atoms with E-state index in [1.165, 1.54) is 6.07 Å². The highest BCUT2D eigenvalue weighted by atomic mass is 79.9. The van der Waals surface area contributed by atoms with Crippen LogP contribution in [0.25, 0.3) is 0 Å². The molecule has 2 rings (SSSR count). The monoisotopic (exact) mass is 329 g/mol. The molecule has 0 aliphatic rings. The van der Waals surface area contributed by atoms with E-state index in [1.807, 2.05) is 6.07 Å². The summed E-state index contributed by atoms with van der Waals surface area (Å²) in [5, 5.41) is 0.0723. The van der Waals surface area contributed by atoms with Crippen molar-refractivity contribution in [2.45, 2.75) is 6.61 Å². The topological polar surface area (TPSA) is 35.2 Å². The van der Waals surface area contributed by atoms with Gasteiger partial charge >= 0.3 is 0 Å². The zero-order valence-electron chi connectivity index (χ0n) is 9.29. The first kappa shape index (κ1) is 13.2. The molecule has 0 spiro atoms. The summed E-state index contributed by atoms with van der Waals surface area (Å²) >= 11 is 9.18. The van der Waals surface area contributed by atoms with Crippen LogP contribution in [0, 0.1) is 5.82 Å². The molecule has 2 N–H and O–H groups in total. The summed E-state index contributed by atoms with van der Waals surface area (Å²) in [5.41, 5.74) is 6.88. The Labute approximate surface area is 118 Å². The third-order valence-electron chi connectivity index (χ3n) is 2.40. The van der Waals surface area contributed by atoms with Crippen LogP contribution in [0.2, 0.25) is 5.02 Å². The molecule has 0 radical (unpaired) electrons. The number of nitrogen functional groups attached to an aromatic ring is 1. The van der Waals surface area contributed by atoms with Crippen molar-refractivity contribution in [1.82, 2.24) is 0 Å². The zero-order valence-corrected chi connectivity index (χ0v) is 11.6. The van der Waals surface area contributed by atoms with Gasteiger partial charge in [-0.1, -0.05) is 29.8 Å². The molecule has 0 aliphatic carbocycles. The molecule has 0 aliphatic heterocycles. The number of hydrogen-bond donors (Lipinski definition) is 1. The summed E-state index contributed by atoms with van der Waals surface area (Å²) in [5.74, 6) is 0.0655. The number of para-hydroxylation sites is 1. The van der Waals surface area contributed by atoms with Crippen LogP contribution in [-0.4, -0.2) is 0 Å². The van der Waals surface area contributed by atoms with E-state index in [9.17, 15) is 4.39 Å². The summed E-state index contributed by atoms with van der Waals surface area (Å²) in [6, 6.07) is 9.95. The van der Waals surface area contributed by atoms with Gasteiger partial charge in [0.05, 0.1) is 15.2 Å². The van der Waals surface area contributed by atoms with Gasteiger partial charge in [-0.2, -0.15) is 0 Å². The van der Waals surface area contributed by atoms with E-state index in [1.54, 1.807) is 24.3 Å². The highest BCUT2D eigenvalue weighted by Crippen LogP contribution is 2.32. The molecule has 0 fully saturated rings. The smallest absolute Gasteiger partial charge is 0.156 e. The predicted molar refractivity (Wildman–Crippen MR) is 74.3 cm³/mol. The van der Waals surface area contributed by atoms with Crippen molar-refractivity contribution < 1.29 is 9.13 Å². The van der Waals surface area contributed by atoms with Gasteiger partial charge in [-0.05, 0) is 34.1 Å². The molecule has 2 aromatic carbocycles. The summed E-state index contributed by atoms with van der Waals surface area (Å²) in [6.07, 6.45) is 0. The maximum Gasteiger partial charge on any atom is 0.156 e. The fraction of sp³-hybridized carbons (Fsp3) is 0.0769. The summed E-state index contributed by atoms with van der Waals surface area (Å²) < 4.78 is 19.6. The Morgan fingerprint density at radius 3 is 2.67 bits per heavy atom. The molecule has 0 amide bonds. The number of rotatable bonds is 3.